The van der Waals surface area contributed by atoms with Crippen LogP contribution in [0.2, 0.25) is 0 Å². The van der Waals surface area contributed by atoms with E-state index in [2.05, 4.69) is 65.5 Å². The highest BCUT2D eigenvalue weighted by molar-refractivity contribution is 5.72. The first-order valence-electron chi connectivity index (χ1n) is 19.0. The molecule has 1 N–H and O–H groups in total. The van der Waals surface area contributed by atoms with Gasteiger partial charge in [0.05, 0.1) is 24.2 Å². The minimum atomic E-state index is -0.811. The van der Waals surface area contributed by atoms with Crippen molar-refractivity contribution in [1.29, 1.82) is 0 Å². The zero-order valence-electron chi connectivity index (χ0n) is 30.7. The summed E-state index contributed by atoms with van der Waals surface area (Å²) in [4.78, 5) is 26.7. The molecule has 0 aromatic carbocycles. The average molecular weight is 649 g/mol. The predicted molar refractivity (Wildman–Crippen MR) is 181 cm³/mol. The van der Waals surface area contributed by atoms with E-state index in [1.165, 1.54) is 38.5 Å². The predicted octanol–water partition coefficient (Wildman–Crippen LogP) is 8.24. The highest BCUT2D eigenvalue weighted by Gasteiger charge is 2.50. The van der Waals surface area contributed by atoms with Gasteiger partial charge in [-0.25, -0.2) is 0 Å². The molecule has 5 aliphatic rings. The lowest BCUT2D eigenvalue weighted by Gasteiger charge is -2.55. The first-order chi connectivity index (χ1) is 21.6. The molecule has 5 rings (SSSR count). The van der Waals surface area contributed by atoms with Crippen LogP contribution in [0.15, 0.2) is 0 Å². The summed E-state index contributed by atoms with van der Waals surface area (Å²) in [6.45, 7) is 17.9. The maximum atomic E-state index is 13.4. The van der Waals surface area contributed by atoms with Gasteiger partial charge in [0.1, 0.15) is 6.10 Å². The van der Waals surface area contributed by atoms with E-state index < -0.39 is 6.29 Å². The molecule has 266 valence electrons. The van der Waals surface area contributed by atoms with Crippen molar-refractivity contribution in [2.45, 2.75) is 224 Å². The summed E-state index contributed by atoms with van der Waals surface area (Å²) in [7, 11) is 0. The Hall–Kier alpha value is -0.770. The molecule has 5 fully saturated rings. The number of rotatable bonds is 9. The van der Waals surface area contributed by atoms with Crippen molar-refractivity contribution < 1.29 is 29.0 Å². The van der Waals surface area contributed by atoms with Crippen molar-refractivity contribution in [2.24, 2.45) is 11.8 Å². The lowest BCUT2D eigenvalue weighted by atomic mass is 9.79. The number of hydroxylamine groups is 4. The van der Waals surface area contributed by atoms with Crippen LogP contribution in [0.25, 0.3) is 0 Å². The molecule has 46 heavy (non-hydrogen) atoms. The molecule has 0 spiro atoms. The first kappa shape index (κ1) is 36.5. The van der Waals surface area contributed by atoms with Crippen molar-refractivity contribution in [3.05, 3.63) is 0 Å². The Kier molecular flexibility index (Phi) is 11.6. The van der Waals surface area contributed by atoms with Crippen LogP contribution >= 0.6 is 0 Å². The van der Waals surface area contributed by atoms with Gasteiger partial charge in [0.15, 0.2) is 6.29 Å². The molecule has 0 aromatic rings. The number of hydrogen-bond donors (Lipinski definition) is 1. The molecule has 2 saturated heterocycles. The van der Waals surface area contributed by atoms with Crippen LogP contribution in [-0.2, 0) is 23.9 Å². The Morgan fingerprint density at radius 2 is 0.957 bits per heavy atom. The third-order valence-electron chi connectivity index (χ3n) is 11.8. The highest BCUT2D eigenvalue weighted by Crippen LogP contribution is 2.44. The van der Waals surface area contributed by atoms with Gasteiger partial charge in [0.2, 0.25) is 0 Å². The van der Waals surface area contributed by atoms with E-state index >= 15 is 0 Å². The highest BCUT2D eigenvalue weighted by atomic mass is 16.7. The minimum absolute atomic E-state index is 0.0337. The number of ether oxygens (including phenoxy) is 2. The Morgan fingerprint density at radius 3 is 1.37 bits per heavy atom. The van der Waals surface area contributed by atoms with E-state index in [0.29, 0.717) is 12.2 Å². The van der Waals surface area contributed by atoms with E-state index in [1.807, 2.05) is 0 Å². The summed E-state index contributed by atoms with van der Waals surface area (Å²) >= 11 is 0. The second kappa shape index (κ2) is 14.6. The Labute approximate surface area is 280 Å². The van der Waals surface area contributed by atoms with Crippen LogP contribution in [0.1, 0.15) is 171 Å². The lowest BCUT2D eigenvalue weighted by molar-refractivity contribution is -0.327. The molecular weight excluding hydrogens is 580 g/mol. The van der Waals surface area contributed by atoms with Gasteiger partial charge in [-0.15, -0.1) is 0 Å². The minimum Gasteiger partial charge on any atom is -0.462 e. The normalized spacial score (nSPS) is 32.6. The molecule has 0 radical (unpaired) electrons. The van der Waals surface area contributed by atoms with Crippen LogP contribution in [0.3, 0.4) is 0 Å². The smallest absolute Gasteiger partial charge is 0.309 e. The summed E-state index contributed by atoms with van der Waals surface area (Å²) in [6.07, 6.45) is 18.0. The van der Waals surface area contributed by atoms with Gasteiger partial charge in [-0.2, -0.15) is 10.1 Å². The number of esters is 1. The quantitative estimate of drug-likeness (QED) is 0.198. The molecule has 0 bridgehead atoms. The van der Waals surface area contributed by atoms with E-state index in [4.69, 9.17) is 19.1 Å². The van der Waals surface area contributed by atoms with Crippen molar-refractivity contribution >= 4 is 5.97 Å². The van der Waals surface area contributed by atoms with Crippen molar-refractivity contribution in [2.75, 3.05) is 0 Å². The third-order valence-corrected chi connectivity index (χ3v) is 11.8. The SMILES string of the molecule is CC1(C)CC(OC(=O)C2CCC(C(O)OC3CC(C)(C)N(OC4CCCCC4)C(C)(C)C3)CC2)CC(C)(C)N1OC1CCCCC1. The van der Waals surface area contributed by atoms with Gasteiger partial charge in [-0.05, 0) is 120 Å². The summed E-state index contributed by atoms with van der Waals surface area (Å²) in [5, 5.41) is 15.7. The van der Waals surface area contributed by atoms with Gasteiger partial charge in [0, 0.05) is 40.9 Å². The number of carbonyl (C=O) groups excluding carboxylic acids is 1. The third kappa shape index (κ3) is 8.87. The van der Waals surface area contributed by atoms with Gasteiger partial charge < -0.3 is 14.6 Å². The number of aliphatic hydroxyl groups excluding tert-OH is 1. The van der Waals surface area contributed by atoms with Crippen molar-refractivity contribution in [3.8, 4) is 0 Å². The van der Waals surface area contributed by atoms with Crippen molar-refractivity contribution in [1.82, 2.24) is 10.1 Å². The van der Waals surface area contributed by atoms with E-state index in [0.717, 1.165) is 77.0 Å². The van der Waals surface area contributed by atoms with Crippen LogP contribution in [0.4, 0.5) is 0 Å². The van der Waals surface area contributed by atoms with Crippen LogP contribution in [0, 0.1) is 11.8 Å². The van der Waals surface area contributed by atoms with Gasteiger partial charge in [0.25, 0.3) is 0 Å². The Balaban J connectivity index is 1.08. The number of piperidine rings is 2. The summed E-state index contributed by atoms with van der Waals surface area (Å²) < 4.78 is 12.6. The average Bonchev–Trinajstić information content (AvgIpc) is 2.97. The number of hydrogen-bond acceptors (Lipinski definition) is 8. The largest absolute Gasteiger partial charge is 0.462 e. The van der Waals surface area contributed by atoms with E-state index in [9.17, 15) is 9.90 Å². The topological polar surface area (TPSA) is 80.7 Å². The lowest BCUT2D eigenvalue weighted by Crippen LogP contribution is -2.63. The number of aliphatic hydroxyl groups is 1. The van der Waals surface area contributed by atoms with Crippen LogP contribution in [0.5, 0.6) is 0 Å². The molecule has 2 heterocycles. The first-order valence-corrected chi connectivity index (χ1v) is 19.0. The molecule has 0 aromatic heterocycles. The fourth-order valence-electron chi connectivity index (χ4n) is 9.94. The molecule has 3 saturated carbocycles. The molecule has 1 unspecified atom stereocenters. The summed E-state index contributed by atoms with van der Waals surface area (Å²) in [6, 6.07) is 0. The van der Waals surface area contributed by atoms with Gasteiger partial charge >= 0.3 is 5.97 Å². The zero-order valence-corrected chi connectivity index (χ0v) is 30.7. The molecular formula is C38H68N2O6. The molecule has 8 nitrogen and oxygen atoms in total. The number of nitrogens with zero attached hydrogens (tertiary/aromatic N) is 2. The second-order valence-electron chi connectivity index (χ2n) is 18.2. The van der Waals surface area contributed by atoms with E-state index in [1.54, 1.807) is 0 Å². The Morgan fingerprint density at radius 1 is 0.565 bits per heavy atom. The molecule has 2 aliphatic heterocycles. The summed E-state index contributed by atoms with van der Waals surface area (Å²) in [5.41, 5.74) is -0.812. The zero-order chi connectivity index (χ0) is 33.3. The molecule has 3 aliphatic carbocycles. The standard InChI is InChI=1S/C38H68N2O6/c1-35(2)23-31(24-36(3,4)39(35)45-29-15-11-9-12-16-29)43-33(41)27-19-21-28(22-20-27)34(42)44-32-25-37(5,6)40(38(7,8)26-32)46-30-17-13-10-14-18-30/h27-33,41H,9-26H2,1-8H3. The monoisotopic (exact) mass is 649 g/mol. The van der Waals surface area contributed by atoms with E-state index in [-0.39, 0.29) is 52.2 Å². The fourth-order valence-corrected chi connectivity index (χ4v) is 9.94. The van der Waals surface area contributed by atoms with Gasteiger partial charge in [-0.3, -0.25) is 14.5 Å². The fraction of sp³-hybridized carbons (Fsp3) is 0.974. The summed E-state index contributed by atoms with van der Waals surface area (Å²) in [5.74, 6) is -0.130. The second-order valence-corrected chi connectivity index (χ2v) is 18.2. The molecule has 0 amide bonds. The van der Waals surface area contributed by atoms with Gasteiger partial charge in [-0.1, -0.05) is 38.5 Å². The van der Waals surface area contributed by atoms with Crippen LogP contribution < -0.4 is 0 Å². The maximum absolute atomic E-state index is 13.4. The number of carbonyl (C=O) groups is 1. The van der Waals surface area contributed by atoms with Crippen molar-refractivity contribution in [3.63, 3.8) is 0 Å². The maximum Gasteiger partial charge on any atom is 0.309 e. The molecule has 1 atom stereocenters. The van der Waals surface area contributed by atoms with Crippen LogP contribution in [-0.4, -0.2) is 74.1 Å². The molecule has 8 heteroatoms. The Bertz CT molecular complexity index is 957.